The molecule has 3 amide bonds. The van der Waals surface area contributed by atoms with Crippen molar-refractivity contribution in [2.75, 3.05) is 23.5 Å². The van der Waals surface area contributed by atoms with E-state index >= 15 is 0 Å². The van der Waals surface area contributed by atoms with E-state index in [0.29, 0.717) is 12.2 Å². The van der Waals surface area contributed by atoms with Gasteiger partial charge in [-0.15, -0.1) is 0 Å². The van der Waals surface area contributed by atoms with Crippen LogP contribution in [0.2, 0.25) is 0 Å². The fourth-order valence-corrected chi connectivity index (χ4v) is 2.98. The number of amides is 3. The Hall–Kier alpha value is -1.11. The Morgan fingerprint density at radius 1 is 0.929 bits per heavy atom. The van der Waals surface area contributed by atoms with Crippen LogP contribution in [0.15, 0.2) is 0 Å². The minimum Gasteiger partial charge on any atom is -0.480 e. The van der Waals surface area contributed by atoms with Crippen LogP contribution < -0.4 is 21.7 Å². The summed E-state index contributed by atoms with van der Waals surface area (Å²) in [5, 5.41) is 16.4. The third-order valence-corrected chi connectivity index (χ3v) is 5.25. The summed E-state index contributed by atoms with van der Waals surface area (Å²) >= 11 is 9.43. The molecule has 6 N–H and O–H groups in total. The second-order valence-corrected chi connectivity index (χ2v) is 8.15. The number of carboxylic acids is 1. The monoisotopic (exact) mass is 454 g/mol. The first-order valence-corrected chi connectivity index (χ1v) is 11.3. The second-order valence-electron chi connectivity index (χ2n) is 6.44. The number of carboxylic acid groups (broad SMARTS) is 1. The average molecular weight is 455 g/mol. The van der Waals surface area contributed by atoms with Crippen molar-refractivity contribution in [2.24, 2.45) is 11.7 Å². The van der Waals surface area contributed by atoms with Crippen molar-refractivity contribution in [3.8, 4) is 0 Å². The molecule has 12 heteroatoms. The van der Waals surface area contributed by atoms with Crippen molar-refractivity contribution in [1.29, 1.82) is 0 Å². The summed E-state index contributed by atoms with van der Waals surface area (Å²) in [6.45, 7) is 3.59. The predicted molar refractivity (Wildman–Crippen MR) is 117 cm³/mol. The smallest absolute Gasteiger partial charge is 0.327 e. The predicted octanol–water partition coefficient (Wildman–Crippen LogP) is -0.879. The van der Waals surface area contributed by atoms with Gasteiger partial charge in [-0.3, -0.25) is 14.4 Å². The third-order valence-electron chi connectivity index (χ3n) is 3.88. The third kappa shape index (κ3) is 9.39. The number of nitrogens with two attached hydrogens (primary N) is 1. The molecule has 4 unspecified atom stereocenters. The minimum absolute atomic E-state index is 0.0504. The number of hydrogen-bond acceptors (Lipinski definition) is 8. The molecule has 0 saturated carbocycles. The molecule has 0 spiro atoms. The summed E-state index contributed by atoms with van der Waals surface area (Å²) in [5.74, 6) is -2.60. The Bertz CT molecular complexity index is 550. The number of carbonyl (C=O) groups excluding carboxylic acids is 3. The van der Waals surface area contributed by atoms with Crippen molar-refractivity contribution < 1.29 is 24.3 Å². The zero-order chi connectivity index (χ0) is 21.9. The molecule has 9 nitrogen and oxygen atoms in total. The highest BCUT2D eigenvalue weighted by Gasteiger charge is 2.29. The van der Waals surface area contributed by atoms with Gasteiger partial charge < -0.3 is 26.8 Å². The molecule has 0 radical (unpaired) electrons. The van der Waals surface area contributed by atoms with Gasteiger partial charge in [0.05, 0.1) is 6.04 Å². The number of thiol groups is 2. The summed E-state index contributed by atoms with van der Waals surface area (Å²) in [4.78, 5) is 48.1. The first-order chi connectivity index (χ1) is 13.1. The highest BCUT2D eigenvalue weighted by molar-refractivity contribution is 7.98. The molecule has 0 fully saturated rings. The lowest BCUT2D eigenvalue weighted by Crippen LogP contribution is -2.58. The first-order valence-electron chi connectivity index (χ1n) is 8.69. The van der Waals surface area contributed by atoms with Crippen LogP contribution in [0.25, 0.3) is 0 Å². The van der Waals surface area contributed by atoms with E-state index in [1.807, 2.05) is 6.26 Å². The summed E-state index contributed by atoms with van der Waals surface area (Å²) < 4.78 is 0. The summed E-state index contributed by atoms with van der Waals surface area (Å²) in [6, 6.07) is -3.89. The number of nitrogens with one attached hydrogen (secondary N) is 3. The van der Waals surface area contributed by atoms with Gasteiger partial charge in [0.1, 0.15) is 18.1 Å². The lowest BCUT2D eigenvalue weighted by Gasteiger charge is -2.24. The normalized spacial score (nSPS) is 15.2. The summed E-state index contributed by atoms with van der Waals surface area (Å²) in [6.07, 6.45) is 2.21. The average Bonchev–Trinajstić information content (AvgIpc) is 2.65. The molecular formula is C16H30N4O5S3. The number of thioether (sulfide) groups is 1. The number of hydrogen-bond donors (Lipinski definition) is 7. The molecule has 0 aromatic heterocycles. The Kier molecular flexibility index (Phi) is 13.4. The van der Waals surface area contributed by atoms with Crippen LogP contribution in [0, 0.1) is 5.92 Å². The van der Waals surface area contributed by atoms with Crippen LogP contribution >= 0.6 is 37.0 Å². The standard InChI is InChI=1S/C16H30N4O5S3/c1-8(2)12(17)15(23)18-9(4-5-28-3)13(21)19-10(6-26)14(22)20-11(7-27)16(24)25/h8-12,26-27H,4-7,17H2,1-3H3,(H,18,23)(H,19,21)(H,20,22)(H,24,25). The zero-order valence-electron chi connectivity index (χ0n) is 16.2. The Balaban J connectivity index is 5.11. The SMILES string of the molecule is CSCCC(NC(=O)C(N)C(C)C)C(=O)NC(CS)C(=O)NC(CS)C(=O)O. The molecule has 0 heterocycles. The van der Waals surface area contributed by atoms with Gasteiger partial charge in [0.15, 0.2) is 0 Å². The number of aliphatic carboxylic acids is 1. The Morgan fingerprint density at radius 3 is 1.82 bits per heavy atom. The summed E-state index contributed by atoms with van der Waals surface area (Å²) in [5.41, 5.74) is 5.82. The molecule has 0 saturated heterocycles. The van der Waals surface area contributed by atoms with E-state index in [-0.39, 0.29) is 17.4 Å². The number of rotatable bonds is 13. The van der Waals surface area contributed by atoms with Crippen molar-refractivity contribution in [3.05, 3.63) is 0 Å². The van der Waals surface area contributed by atoms with E-state index in [2.05, 4.69) is 41.2 Å². The van der Waals surface area contributed by atoms with Crippen LogP contribution in [0.1, 0.15) is 20.3 Å². The molecule has 0 aliphatic carbocycles. The van der Waals surface area contributed by atoms with Crippen molar-refractivity contribution in [3.63, 3.8) is 0 Å². The van der Waals surface area contributed by atoms with Gasteiger partial charge in [-0.25, -0.2) is 4.79 Å². The van der Waals surface area contributed by atoms with E-state index in [1.165, 1.54) is 11.8 Å². The van der Waals surface area contributed by atoms with Gasteiger partial charge in [-0.05, 0) is 24.3 Å². The quantitative estimate of drug-likeness (QED) is 0.179. The maximum absolute atomic E-state index is 12.6. The van der Waals surface area contributed by atoms with Gasteiger partial charge in [0.2, 0.25) is 17.7 Å². The van der Waals surface area contributed by atoms with Crippen LogP contribution in [0.3, 0.4) is 0 Å². The Morgan fingerprint density at radius 2 is 1.39 bits per heavy atom. The molecule has 0 rings (SSSR count). The van der Waals surface area contributed by atoms with Gasteiger partial charge in [-0.2, -0.15) is 37.0 Å². The molecule has 28 heavy (non-hydrogen) atoms. The molecule has 0 aliphatic heterocycles. The highest BCUT2D eigenvalue weighted by Crippen LogP contribution is 2.05. The van der Waals surface area contributed by atoms with Crippen molar-refractivity contribution in [2.45, 2.75) is 44.4 Å². The molecule has 0 aliphatic rings. The zero-order valence-corrected chi connectivity index (χ0v) is 18.8. The highest BCUT2D eigenvalue weighted by atomic mass is 32.2. The maximum Gasteiger partial charge on any atom is 0.327 e. The van der Waals surface area contributed by atoms with Gasteiger partial charge in [0.25, 0.3) is 0 Å². The minimum atomic E-state index is -1.24. The fourth-order valence-electron chi connectivity index (χ4n) is 2.00. The van der Waals surface area contributed by atoms with E-state index in [9.17, 15) is 19.2 Å². The lowest BCUT2D eigenvalue weighted by molar-refractivity contribution is -0.141. The topological polar surface area (TPSA) is 151 Å². The van der Waals surface area contributed by atoms with Crippen LogP contribution in [-0.4, -0.2) is 76.5 Å². The first kappa shape index (κ1) is 26.9. The van der Waals surface area contributed by atoms with Crippen LogP contribution in [0.5, 0.6) is 0 Å². The van der Waals surface area contributed by atoms with E-state index in [4.69, 9.17) is 10.8 Å². The second kappa shape index (κ2) is 14.0. The van der Waals surface area contributed by atoms with E-state index in [0.717, 1.165) is 0 Å². The van der Waals surface area contributed by atoms with E-state index < -0.39 is 47.9 Å². The molecule has 0 aromatic carbocycles. The summed E-state index contributed by atoms with van der Waals surface area (Å²) in [7, 11) is 0. The largest absolute Gasteiger partial charge is 0.480 e. The van der Waals surface area contributed by atoms with Gasteiger partial charge in [-0.1, -0.05) is 13.8 Å². The van der Waals surface area contributed by atoms with Crippen molar-refractivity contribution in [1.82, 2.24) is 16.0 Å². The molecule has 0 bridgehead atoms. The molecule has 0 aromatic rings. The molecule has 4 atom stereocenters. The van der Waals surface area contributed by atoms with Crippen LogP contribution in [0.4, 0.5) is 0 Å². The van der Waals surface area contributed by atoms with Gasteiger partial charge >= 0.3 is 5.97 Å². The van der Waals surface area contributed by atoms with E-state index in [1.54, 1.807) is 13.8 Å². The van der Waals surface area contributed by atoms with Gasteiger partial charge in [0, 0.05) is 11.5 Å². The molecular weight excluding hydrogens is 424 g/mol. The fraction of sp³-hybridized carbons (Fsp3) is 0.750. The van der Waals surface area contributed by atoms with Crippen LogP contribution in [-0.2, 0) is 19.2 Å². The van der Waals surface area contributed by atoms with Crippen molar-refractivity contribution >= 4 is 60.7 Å². The maximum atomic E-state index is 12.6. The number of carbonyl (C=O) groups is 4. The lowest BCUT2D eigenvalue weighted by atomic mass is 10.0. The Labute approximate surface area is 180 Å². The molecule has 162 valence electrons.